The van der Waals surface area contributed by atoms with Crippen LogP contribution in [0.1, 0.15) is 50.8 Å². The molecule has 20 heavy (non-hydrogen) atoms. The first-order valence-corrected chi connectivity index (χ1v) is 7.52. The Kier molecular flexibility index (Phi) is 7.37. The summed E-state index contributed by atoms with van der Waals surface area (Å²) in [7, 11) is 3.35. The van der Waals surface area contributed by atoms with E-state index in [-0.39, 0.29) is 6.04 Å². The molecule has 0 saturated heterocycles. The maximum atomic E-state index is 6.02. The van der Waals surface area contributed by atoms with Crippen molar-refractivity contribution in [3.05, 3.63) is 17.3 Å². The van der Waals surface area contributed by atoms with E-state index in [1.165, 1.54) is 12.8 Å². The lowest BCUT2D eigenvalue weighted by Crippen LogP contribution is -2.22. The monoisotopic (exact) mass is 280 g/mol. The normalized spacial score (nSPS) is 12.2. The van der Waals surface area contributed by atoms with E-state index in [0.29, 0.717) is 12.3 Å². The van der Waals surface area contributed by atoms with Crippen LogP contribution in [-0.4, -0.2) is 25.2 Å². The number of pyridine rings is 1. The number of aryl methyl sites for hydroxylation is 1. The maximum absolute atomic E-state index is 6.02. The Morgan fingerprint density at radius 2 is 1.95 bits per heavy atom. The molecule has 1 heterocycles. The first kappa shape index (κ1) is 16.8. The quantitative estimate of drug-likeness (QED) is 0.706. The number of nitrogens with two attached hydrogens (primary N) is 1. The van der Waals surface area contributed by atoms with Gasteiger partial charge in [-0.05, 0) is 25.3 Å². The van der Waals surface area contributed by atoms with Gasteiger partial charge in [0.2, 0.25) is 5.88 Å². The molecule has 1 atom stereocenters. The Morgan fingerprint density at radius 1 is 1.20 bits per heavy atom. The van der Waals surface area contributed by atoms with Crippen LogP contribution in [0.2, 0.25) is 0 Å². The highest BCUT2D eigenvalue weighted by Gasteiger charge is 2.15. The van der Waals surface area contributed by atoms with Crippen LogP contribution in [-0.2, 0) is 12.8 Å². The zero-order valence-electron chi connectivity index (χ0n) is 13.2. The second-order valence-corrected chi connectivity index (χ2v) is 5.14. The molecule has 1 aromatic heterocycles. The van der Waals surface area contributed by atoms with Gasteiger partial charge >= 0.3 is 0 Å². The van der Waals surface area contributed by atoms with Crippen LogP contribution < -0.4 is 15.2 Å². The molecule has 114 valence electrons. The van der Waals surface area contributed by atoms with Gasteiger partial charge in [-0.25, -0.2) is 4.98 Å². The third kappa shape index (κ3) is 4.67. The Hall–Kier alpha value is -1.29. The van der Waals surface area contributed by atoms with E-state index in [0.717, 1.165) is 36.3 Å². The van der Waals surface area contributed by atoms with Crippen molar-refractivity contribution in [1.29, 1.82) is 0 Å². The van der Waals surface area contributed by atoms with Gasteiger partial charge in [-0.2, -0.15) is 0 Å². The molecule has 1 rings (SSSR count). The summed E-state index contributed by atoms with van der Waals surface area (Å²) in [5.74, 6) is 1.53. The number of rotatable bonds is 9. The number of methoxy groups -OCH3 is 2. The van der Waals surface area contributed by atoms with E-state index < -0.39 is 0 Å². The molecule has 0 spiro atoms. The maximum Gasteiger partial charge on any atom is 0.216 e. The molecule has 0 aliphatic carbocycles. The van der Waals surface area contributed by atoms with Crippen molar-refractivity contribution < 1.29 is 9.47 Å². The fourth-order valence-corrected chi connectivity index (χ4v) is 2.19. The number of ether oxygens (including phenoxy) is 2. The highest BCUT2D eigenvalue weighted by atomic mass is 16.5. The van der Waals surface area contributed by atoms with E-state index >= 15 is 0 Å². The minimum atomic E-state index is 0.104. The zero-order chi connectivity index (χ0) is 15.0. The summed E-state index contributed by atoms with van der Waals surface area (Å²) in [5.41, 5.74) is 8.02. The first-order chi connectivity index (χ1) is 9.65. The molecule has 0 aliphatic heterocycles. The molecule has 4 heteroatoms. The Bertz CT molecular complexity index is 408. The molecule has 1 unspecified atom stereocenters. The SMILES string of the molecule is CCCCCc1cc(OC)c(CC(N)CC)nc1OC. The largest absolute Gasteiger partial charge is 0.495 e. The van der Waals surface area contributed by atoms with E-state index in [2.05, 4.69) is 24.9 Å². The van der Waals surface area contributed by atoms with Gasteiger partial charge in [0.05, 0.1) is 19.9 Å². The lowest BCUT2D eigenvalue weighted by molar-refractivity contribution is 0.374. The van der Waals surface area contributed by atoms with E-state index in [1.807, 2.05) is 0 Å². The first-order valence-electron chi connectivity index (χ1n) is 7.52. The van der Waals surface area contributed by atoms with Gasteiger partial charge in [0.1, 0.15) is 5.75 Å². The van der Waals surface area contributed by atoms with Gasteiger partial charge in [0.25, 0.3) is 0 Å². The molecular weight excluding hydrogens is 252 g/mol. The van der Waals surface area contributed by atoms with Gasteiger partial charge in [0, 0.05) is 18.0 Å². The van der Waals surface area contributed by atoms with Gasteiger partial charge in [-0.15, -0.1) is 0 Å². The summed E-state index contributed by atoms with van der Waals surface area (Å²) in [6, 6.07) is 2.16. The highest BCUT2D eigenvalue weighted by Crippen LogP contribution is 2.27. The van der Waals surface area contributed by atoms with Crippen molar-refractivity contribution in [1.82, 2.24) is 4.98 Å². The summed E-state index contributed by atoms with van der Waals surface area (Å²) in [6.07, 6.45) is 6.17. The van der Waals surface area contributed by atoms with Crippen LogP contribution in [0.3, 0.4) is 0 Å². The molecule has 0 amide bonds. The number of aromatic nitrogens is 1. The van der Waals surface area contributed by atoms with Crippen LogP contribution in [0.5, 0.6) is 11.6 Å². The van der Waals surface area contributed by atoms with Crippen molar-refractivity contribution >= 4 is 0 Å². The molecule has 0 fully saturated rings. The average molecular weight is 280 g/mol. The molecule has 1 aromatic rings. The van der Waals surface area contributed by atoms with Crippen molar-refractivity contribution in [3.63, 3.8) is 0 Å². The van der Waals surface area contributed by atoms with E-state index in [1.54, 1.807) is 14.2 Å². The van der Waals surface area contributed by atoms with Crippen molar-refractivity contribution in [2.24, 2.45) is 5.73 Å². The van der Waals surface area contributed by atoms with Gasteiger partial charge in [0.15, 0.2) is 0 Å². The summed E-state index contributed by atoms with van der Waals surface area (Å²) < 4.78 is 10.9. The fraction of sp³-hybridized carbons (Fsp3) is 0.688. The van der Waals surface area contributed by atoms with Crippen LogP contribution in [0.25, 0.3) is 0 Å². The average Bonchev–Trinajstić information content (AvgIpc) is 2.47. The lowest BCUT2D eigenvalue weighted by atomic mass is 10.0. The second kappa shape index (κ2) is 8.80. The van der Waals surface area contributed by atoms with Crippen molar-refractivity contribution in [2.75, 3.05) is 14.2 Å². The summed E-state index contributed by atoms with van der Waals surface area (Å²) in [6.45, 7) is 4.28. The topological polar surface area (TPSA) is 57.4 Å². The molecule has 0 radical (unpaired) electrons. The molecule has 0 aliphatic rings. The van der Waals surface area contributed by atoms with Gasteiger partial charge in [-0.3, -0.25) is 0 Å². The van der Waals surface area contributed by atoms with Crippen LogP contribution in [0.15, 0.2) is 6.07 Å². The number of hydrogen-bond donors (Lipinski definition) is 1. The third-order valence-corrected chi connectivity index (χ3v) is 3.54. The summed E-state index contributed by atoms with van der Waals surface area (Å²) in [5, 5.41) is 0. The smallest absolute Gasteiger partial charge is 0.216 e. The Balaban J connectivity index is 2.97. The van der Waals surface area contributed by atoms with Crippen LogP contribution in [0, 0.1) is 0 Å². The van der Waals surface area contributed by atoms with Crippen LogP contribution in [0.4, 0.5) is 0 Å². The van der Waals surface area contributed by atoms with E-state index in [4.69, 9.17) is 15.2 Å². The number of nitrogens with zero attached hydrogens (tertiary/aromatic N) is 1. The second-order valence-electron chi connectivity index (χ2n) is 5.14. The minimum absolute atomic E-state index is 0.104. The van der Waals surface area contributed by atoms with Crippen LogP contribution >= 0.6 is 0 Å². The predicted octanol–water partition coefficient (Wildman–Crippen LogP) is 3.11. The summed E-state index contributed by atoms with van der Waals surface area (Å²) in [4.78, 5) is 4.60. The van der Waals surface area contributed by atoms with Crippen molar-refractivity contribution in [2.45, 2.75) is 58.4 Å². The summed E-state index contributed by atoms with van der Waals surface area (Å²) >= 11 is 0. The zero-order valence-corrected chi connectivity index (χ0v) is 13.2. The highest BCUT2D eigenvalue weighted by molar-refractivity contribution is 5.39. The Labute approximate surface area is 122 Å². The molecular formula is C16H28N2O2. The fourth-order valence-electron chi connectivity index (χ4n) is 2.19. The number of unbranched alkanes of at least 4 members (excludes halogenated alkanes) is 2. The minimum Gasteiger partial charge on any atom is -0.495 e. The van der Waals surface area contributed by atoms with Crippen molar-refractivity contribution in [3.8, 4) is 11.6 Å². The third-order valence-electron chi connectivity index (χ3n) is 3.54. The van der Waals surface area contributed by atoms with Gasteiger partial charge in [-0.1, -0.05) is 26.7 Å². The molecule has 2 N–H and O–H groups in total. The lowest BCUT2D eigenvalue weighted by Gasteiger charge is -2.15. The van der Waals surface area contributed by atoms with Gasteiger partial charge < -0.3 is 15.2 Å². The number of hydrogen-bond acceptors (Lipinski definition) is 4. The predicted molar refractivity (Wildman–Crippen MR) is 82.5 cm³/mol. The van der Waals surface area contributed by atoms with E-state index in [9.17, 15) is 0 Å². The molecule has 4 nitrogen and oxygen atoms in total. The standard InChI is InChI=1S/C16H28N2O2/c1-5-7-8-9-12-10-15(19-3)14(11-13(17)6-2)18-16(12)20-4/h10,13H,5-9,11,17H2,1-4H3. The molecule has 0 bridgehead atoms. The Morgan fingerprint density at radius 3 is 2.50 bits per heavy atom. The molecule has 0 aromatic carbocycles. The molecule has 0 saturated carbocycles.